The van der Waals surface area contributed by atoms with Crippen LogP contribution in [0.1, 0.15) is 89.2 Å². The second kappa shape index (κ2) is 37.9. The van der Waals surface area contributed by atoms with Crippen LogP contribution in [-0.2, 0) is 88.7 Å². The molecule has 3 fully saturated rings. The molecule has 0 radical (unpaired) electrons. The number of carbonyl (C=O) groups is 1. The Morgan fingerprint density at radius 2 is 0.936 bits per heavy atom. The summed E-state index contributed by atoms with van der Waals surface area (Å²) in [6.45, 7) is 20.5. The van der Waals surface area contributed by atoms with Crippen LogP contribution in [0.4, 0.5) is 40.2 Å². The number of carbonyl (C=O) groups excluding carboxylic acids is 1. The van der Waals surface area contributed by atoms with Crippen LogP contribution in [0.2, 0.25) is 0 Å². The number of esters is 1. The molecule has 5 aliphatic heterocycles. The minimum Gasteiger partial charge on any atom is -0.504 e. The molecule has 0 saturated carbocycles. The lowest BCUT2D eigenvalue weighted by atomic mass is 10.1. The van der Waals surface area contributed by atoms with Gasteiger partial charge in [-0.3, -0.25) is 19.1 Å². The Labute approximate surface area is 658 Å². The molecule has 3 saturated heterocycles. The number of hydrogen-bond acceptors (Lipinski definition) is 30. The lowest BCUT2D eigenvalue weighted by molar-refractivity contribution is 0.0519. The molecule has 12 N–H and O–H groups in total. The Balaban J connectivity index is 0.000000208. The summed E-state index contributed by atoms with van der Waals surface area (Å²) in [6.07, 6.45) is 3.95. The number of nitrogens with one attached hydrogen (secondary N) is 3. The van der Waals surface area contributed by atoms with E-state index in [-0.39, 0.29) is 96.6 Å². The van der Waals surface area contributed by atoms with Gasteiger partial charge in [0.25, 0.3) is 36.7 Å². The number of anilines is 7. The summed E-state index contributed by atoms with van der Waals surface area (Å²) in [5.41, 5.74) is 3.22. The largest absolute Gasteiger partial charge is 0.504 e. The second-order valence-electron chi connectivity index (χ2n) is 26.2. The summed E-state index contributed by atoms with van der Waals surface area (Å²) < 4.78 is 152. The minimum absolute atomic E-state index is 0.0191. The average Bonchev–Trinajstić information content (AvgIpc) is 0.754. The molecular weight excluding hydrogens is 1760 g/mol. The molecule has 109 heavy (non-hydrogen) atoms. The summed E-state index contributed by atoms with van der Waals surface area (Å²) in [5.74, 6) is -1.12. The summed E-state index contributed by atoms with van der Waals surface area (Å²) in [4.78, 5) is 56.5. The molecule has 38 nitrogen and oxygen atoms in total. The molecule has 0 unspecified atom stereocenters. The molecule has 6 aromatic rings. The summed E-state index contributed by atoms with van der Waals surface area (Å²) in [6, 6.07) is 13.4. The van der Waals surface area contributed by atoms with Gasteiger partial charge in [-0.1, -0.05) is 41.5 Å². The van der Waals surface area contributed by atoms with Crippen molar-refractivity contribution >= 4 is 153 Å². The van der Waals surface area contributed by atoms with E-state index < -0.39 is 90.0 Å². The van der Waals surface area contributed by atoms with Crippen molar-refractivity contribution in [1.82, 2.24) is 29.3 Å². The van der Waals surface area contributed by atoms with E-state index in [4.69, 9.17) is 29.8 Å². The smallest absolute Gasteiger partial charge is 0.347 e. The van der Waals surface area contributed by atoms with Gasteiger partial charge in [-0.25, -0.2) is 54.4 Å². The average molecular weight is 1850 g/mol. The van der Waals surface area contributed by atoms with Crippen LogP contribution in [0.25, 0.3) is 0 Å². The highest BCUT2D eigenvalue weighted by molar-refractivity contribution is 14.1. The Hall–Kier alpha value is -7.88. The third kappa shape index (κ3) is 24.6. The third-order valence-corrected chi connectivity index (χ3v) is 21.5. The predicted molar refractivity (Wildman–Crippen MR) is 427 cm³/mol. The van der Waals surface area contributed by atoms with E-state index in [0.717, 1.165) is 32.1 Å². The fraction of sp³-hybridized carbons (Fsp3) is 0.484. The first kappa shape index (κ1) is 88.3. The van der Waals surface area contributed by atoms with Gasteiger partial charge in [-0.2, -0.15) is 16.8 Å². The van der Waals surface area contributed by atoms with Crippen molar-refractivity contribution < 1.29 is 81.2 Å². The van der Waals surface area contributed by atoms with Crippen LogP contribution < -0.4 is 62.7 Å². The number of halogens is 2. The highest BCUT2D eigenvalue weighted by atomic mass is 127. The van der Waals surface area contributed by atoms with E-state index in [2.05, 4.69) is 44.6 Å². The van der Waals surface area contributed by atoms with Crippen LogP contribution in [-0.4, -0.2) is 202 Å². The Morgan fingerprint density at radius 3 is 1.30 bits per heavy atom. The predicted octanol–water partition coefficient (Wildman–Crippen LogP) is 3.20. The monoisotopic (exact) mass is 1850 g/mol. The molecule has 600 valence electrons. The first-order valence-corrected chi connectivity index (χ1v) is 44.2. The Morgan fingerprint density at radius 1 is 0.578 bits per heavy atom. The van der Waals surface area contributed by atoms with Gasteiger partial charge in [-0.05, 0) is 144 Å². The van der Waals surface area contributed by atoms with Crippen molar-refractivity contribution in [3.8, 4) is 17.2 Å². The minimum atomic E-state index is -4.35. The summed E-state index contributed by atoms with van der Waals surface area (Å²) in [7, 11) is -18.9. The normalized spacial score (nSPS) is 16.0. The molecule has 3 aromatic carbocycles. The number of aryl methyl sites for hydroxylation is 3. The fourth-order valence-electron chi connectivity index (χ4n) is 10.6. The van der Waals surface area contributed by atoms with Gasteiger partial charge in [0.15, 0.2) is 51.9 Å². The first-order chi connectivity index (χ1) is 50.9. The van der Waals surface area contributed by atoms with Crippen LogP contribution >= 0.6 is 45.2 Å². The number of sulfonamides is 5. The van der Waals surface area contributed by atoms with Gasteiger partial charge in [0.1, 0.15) is 25.8 Å². The number of primary sulfonamides is 2. The van der Waals surface area contributed by atoms with Gasteiger partial charge >= 0.3 is 5.97 Å². The molecule has 0 aliphatic carbocycles. The van der Waals surface area contributed by atoms with Crippen LogP contribution in [0.15, 0.2) is 92.5 Å². The topological polar surface area (TPSA) is 539 Å². The molecule has 0 spiro atoms. The zero-order valence-electron chi connectivity index (χ0n) is 61.0. The molecular formula is C64H89I2N17O21S5. The molecule has 45 heteroatoms. The summed E-state index contributed by atoms with van der Waals surface area (Å²) >= 11 is 4.01. The van der Waals surface area contributed by atoms with Crippen molar-refractivity contribution in [2.75, 3.05) is 134 Å². The second-order valence-corrected chi connectivity index (χ2v) is 36.7. The number of benzene rings is 3. The maximum atomic E-state index is 13.4. The van der Waals surface area contributed by atoms with Gasteiger partial charge in [0.2, 0.25) is 30.1 Å². The fourth-order valence-corrected chi connectivity index (χ4v) is 15.5. The van der Waals surface area contributed by atoms with E-state index in [1.807, 2.05) is 96.5 Å². The number of nitrogens with two attached hydrogens (primary N) is 3. The number of rotatable bonds is 19. The molecule has 0 bridgehead atoms. The maximum Gasteiger partial charge on any atom is 0.347 e. The third-order valence-electron chi connectivity index (χ3n) is 16.0. The summed E-state index contributed by atoms with van der Waals surface area (Å²) in [5, 5.41) is 60.7. The Kier molecular flexibility index (Phi) is 30.7. The SMILES string of the molecule is CC(C)CCn1nc(N2CCOCC2)c(O)c(C2=NS(=O)(=O)c3cc(I)ccc3N2)c1=O.CC(C)CCn1nc(N2CCOCC2)c(O)c(C2=NS(=O)(=O)c3cc(NS(C)(=O)=O)ccc3N2)c1=O.CCOC(=O)c1c(O)c(N2CCOCC2)nn(CCC(C)C)c1=O.CS(N)(=O)=O.Nc1ccc(I)cc1S(N)(=O)=O. The van der Waals surface area contributed by atoms with Crippen LogP contribution in [0, 0.1) is 24.9 Å². The van der Waals surface area contributed by atoms with Crippen molar-refractivity contribution in [2.24, 2.45) is 36.8 Å². The molecule has 0 atom stereocenters. The number of morpholine rings is 3. The van der Waals surface area contributed by atoms with Crippen LogP contribution in [0.3, 0.4) is 0 Å². The molecule has 5 aliphatic rings. The standard InChI is InChI=1S/C21H28N6O7S2.C20H24IN5O5S.C16H25N3O5.C6H7IN2O2S.CH5NO2S/c1-13(2)6-7-27-21(29)17(18(28)20(23-27)26-8-10-34-11-9-26)19-22-15-5-4-14(24-35(3,30)31)12-16(15)36(32,33)25-19;1-12(2)5-6-26-20(28)16(17(27)19(23-26)25-7-9-31-10-8-25)18-22-14-4-3-13(21)11-15(14)32(29,30)24-18;1-4-24-16(22)12-13(20)14(18-7-9-23-10-8-18)17-19(15(12)21)6-5-11(2)3;7-4-1-2-5(8)6(3-4)12(9,10)11;1-5(2,3)4/h4-5,12-13,24,28H,6-11H2,1-3H3,(H,22,25);3-4,11-12,27H,5-10H2,1-2H3,(H,22,24);11,20H,4-10H2,1-3H3;1-3H,8H2,(H2,9,10,11);1H3,(H2,2,3,4). The zero-order valence-corrected chi connectivity index (χ0v) is 69.4. The van der Waals surface area contributed by atoms with E-state index >= 15 is 0 Å². The van der Waals surface area contributed by atoms with Gasteiger partial charge in [0.05, 0.1) is 75.8 Å². The highest BCUT2D eigenvalue weighted by Crippen LogP contribution is 2.37. The lowest BCUT2D eigenvalue weighted by Gasteiger charge is -2.29. The van der Waals surface area contributed by atoms with E-state index in [1.165, 1.54) is 44.4 Å². The van der Waals surface area contributed by atoms with E-state index in [9.17, 15) is 76.6 Å². The number of ether oxygens (including phenoxy) is 4. The van der Waals surface area contributed by atoms with Crippen LogP contribution in [0.5, 0.6) is 17.2 Å². The number of nitrogens with zero attached hydrogens (tertiary/aromatic N) is 11. The van der Waals surface area contributed by atoms with Crippen molar-refractivity contribution in [3.05, 3.63) is 109 Å². The molecule has 3 aromatic heterocycles. The molecule has 11 rings (SSSR count). The van der Waals surface area contributed by atoms with Crippen molar-refractivity contribution in [3.63, 3.8) is 0 Å². The quantitative estimate of drug-likeness (QED) is 0.0319. The van der Waals surface area contributed by atoms with E-state index in [1.54, 1.807) is 30.0 Å². The lowest BCUT2D eigenvalue weighted by Crippen LogP contribution is -2.40. The van der Waals surface area contributed by atoms with E-state index in [0.29, 0.717) is 122 Å². The van der Waals surface area contributed by atoms with Crippen molar-refractivity contribution in [2.45, 2.75) is 102 Å². The number of nitrogen functional groups attached to an aromatic ring is 1. The van der Waals surface area contributed by atoms with Gasteiger partial charge < -0.3 is 65.3 Å². The number of amidine groups is 2. The number of aromatic hydroxyl groups is 3. The molecule has 0 amide bonds. The van der Waals surface area contributed by atoms with Crippen molar-refractivity contribution in [1.29, 1.82) is 0 Å². The molecule has 8 heterocycles. The number of fused-ring (bicyclic) bond motifs is 2. The van der Waals surface area contributed by atoms with Gasteiger partial charge in [0, 0.05) is 71.7 Å². The zero-order chi connectivity index (χ0) is 80.8. The first-order valence-electron chi connectivity index (χ1n) is 33.8. The number of hydrogen-bond donors (Lipinski definition) is 9. The number of aromatic nitrogens is 6. The maximum absolute atomic E-state index is 13.4. The highest BCUT2D eigenvalue weighted by Gasteiger charge is 2.35. The Bertz CT molecular complexity index is 5180. The van der Waals surface area contributed by atoms with Gasteiger partial charge in [-0.15, -0.1) is 24.1 Å².